The molecule has 0 bridgehead atoms. The molecule has 1 amide bonds. The SMILES string of the molecule is CC1=C(c2ccc3c(c2)CCCCN3C(=O)c2ccccc2F)NC(N)S1. The third-order valence-corrected chi connectivity index (χ3v) is 5.96. The summed E-state index contributed by atoms with van der Waals surface area (Å²) in [5.74, 6) is -0.761. The number of carbonyl (C=O) groups excluding carboxylic acids is 1. The van der Waals surface area contributed by atoms with E-state index < -0.39 is 5.82 Å². The van der Waals surface area contributed by atoms with Gasteiger partial charge in [-0.15, -0.1) is 0 Å². The van der Waals surface area contributed by atoms with E-state index in [1.165, 1.54) is 6.07 Å². The second kappa shape index (κ2) is 7.37. The van der Waals surface area contributed by atoms with Crippen molar-refractivity contribution in [1.82, 2.24) is 5.32 Å². The molecule has 4 nitrogen and oxygen atoms in total. The first-order chi connectivity index (χ1) is 13.0. The summed E-state index contributed by atoms with van der Waals surface area (Å²) in [5, 5.41) is 3.30. The van der Waals surface area contributed by atoms with Crippen LogP contribution >= 0.6 is 11.8 Å². The molecule has 2 aliphatic rings. The molecule has 140 valence electrons. The number of carbonyl (C=O) groups is 1. The number of anilines is 1. The van der Waals surface area contributed by atoms with Crippen molar-refractivity contribution in [3.63, 3.8) is 0 Å². The number of rotatable bonds is 2. The molecule has 2 aromatic rings. The lowest BCUT2D eigenvalue weighted by atomic mass is 10.0. The summed E-state index contributed by atoms with van der Waals surface area (Å²) in [7, 11) is 0. The van der Waals surface area contributed by atoms with Crippen molar-refractivity contribution in [1.29, 1.82) is 0 Å². The zero-order chi connectivity index (χ0) is 19.0. The minimum Gasteiger partial charge on any atom is -0.360 e. The molecule has 27 heavy (non-hydrogen) atoms. The molecule has 6 heteroatoms. The van der Waals surface area contributed by atoms with Crippen LogP contribution in [-0.2, 0) is 6.42 Å². The Morgan fingerprint density at radius 2 is 2.07 bits per heavy atom. The third-order valence-electron chi connectivity index (χ3n) is 5.03. The normalized spacial score (nSPS) is 19.5. The van der Waals surface area contributed by atoms with E-state index in [0.717, 1.165) is 46.7 Å². The Kier molecular flexibility index (Phi) is 4.93. The highest BCUT2D eigenvalue weighted by Gasteiger charge is 2.26. The second-order valence-electron chi connectivity index (χ2n) is 6.85. The third kappa shape index (κ3) is 3.47. The van der Waals surface area contributed by atoms with Crippen LogP contribution in [0.2, 0.25) is 0 Å². The molecule has 0 aromatic heterocycles. The lowest BCUT2D eigenvalue weighted by Gasteiger charge is -2.24. The van der Waals surface area contributed by atoms with Gasteiger partial charge in [0, 0.05) is 17.1 Å². The Morgan fingerprint density at radius 3 is 2.81 bits per heavy atom. The van der Waals surface area contributed by atoms with Crippen molar-refractivity contribution < 1.29 is 9.18 Å². The highest BCUT2D eigenvalue weighted by atomic mass is 32.2. The number of hydrogen-bond acceptors (Lipinski definition) is 4. The standard InChI is InChI=1S/C21H22FN3OS/c1-13-19(24-21(23)27-13)15-9-10-18-14(12-15)6-4-5-11-25(18)20(26)16-7-2-3-8-17(16)22/h2-3,7-10,12,21,24H,4-6,11,23H2,1H3. The van der Waals surface area contributed by atoms with Crippen molar-refractivity contribution in [2.24, 2.45) is 5.73 Å². The van der Waals surface area contributed by atoms with E-state index in [4.69, 9.17) is 5.73 Å². The summed E-state index contributed by atoms with van der Waals surface area (Å²) in [6, 6.07) is 12.3. The summed E-state index contributed by atoms with van der Waals surface area (Å²) in [6.07, 6.45) is 2.79. The average molecular weight is 383 g/mol. The Morgan fingerprint density at radius 1 is 1.26 bits per heavy atom. The minimum absolute atomic E-state index is 0.118. The van der Waals surface area contributed by atoms with Gasteiger partial charge in [-0.25, -0.2) is 4.39 Å². The maximum atomic E-state index is 14.1. The van der Waals surface area contributed by atoms with Crippen molar-refractivity contribution >= 4 is 29.1 Å². The van der Waals surface area contributed by atoms with Crippen molar-refractivity contribution in [3.05, 3.63) is 69.9 Å². The van der Waals surface area contributed by atoms with Crippen LogP contribution in [0, 0.1) is 5.82 Å². The van der Waals surface area contributed by atoms with Gasteiger partial charge in [0.15, 0.2) is 0 Å². The molecular formula is C21H22FN3OS. The van der Waals surface area contributed by atoms with E-state index in [2.05, 4.69) is 18.3 Å². The molecule has 1 unspecified atom stereocenters. The predicted octanol–water partition coefficient (Wildman–Crippen LogP) is 4.08. The van der Waals surface area contributed by atoms with E-state index in [1.54, 1.807) is 34.9 Å². The molecule has 0 aliphatic carbocycles. The number of aryl methyl sites for hydroxylation is 1. The van der Waals surface area contributed by atoms with E-state index in [9.17, 15) is 9.18 Å². The van der Waals surface area contributed by atoms with Gasteiger partial charge in [0.2, 0.25) is 0 Å². The monoisotopic (exact) mass is 383 g/mol. The number of nitrogens with two attached hydrogens (primary N) is 1. The Balaban J connectivity index is 1.71. The van der Waals surface area contributed by atoms with Crippen LogP contribution in [0.1, 0.15) is 41.3 Å². The largest absolute Gasteiger partial charge is 0.360 e. The summed E-state index contributed by atoms with van der Waals surface area (Å²) in [4.78, 5) is 15.9. The zero-order valence-electron chi connectivity index (χ0n) is 15.2. The Hall–Kier alpha value is -2.31. The molecule has 4 rings (SSSR count). The number of thioether (sulfide) groups is 1. The fraction of sp³-hybridized carbons (Fsp3) is 0.286. The highest BCUT2D eigenvalue weighted by molar-refractivity contribution is 8.04. The quantitative estimate of drug-likeness (QED) is 0.821. The molecule has 2 aliphatic heterocycles. The van der Waals surface area contributed by atoms with Gasteiger partial charge in [0.25, 0.3) is 5.91 Å². The summed E-state index contributed by atoms with van der Waals surface area (Å²) >= 11 is 1.61. The minimum atomic E-state index is -0.480. The summed E-state index contributed by atoms with van der Waals surface area (Å²) in [5.41, 5.74) is 10.1. The van der Waals surface area contributed by atoms with E-state index in [-0.39, 0.29) is 17.0 Å². The lowest BCUT2D eigenvalue weighted by Crippen LogP contribution is -2.32. The maximum Gasteiger partial charge on any atom is 0.261 e. The molecular weight excluding hydrogens is 361 g/mol. The maximum absolute atomic E-state index is 14.1. The van der Waals surface area contributed by atoms with Crippen LogP contribution in [0.25, 0.3) is 5.70 Å². The second-order valence-corrected chi connectivity index (χ2v) is 8.21. The molecule has 0 saturated heterocycles. The fourth-order valence-corrected chi connectivity index (χ4v) is 4.56. The zero-order valence-corrected chi connectivity index (χ0v) is 16.0. The van der Waals surface area contributed by atoms with Crippen LogP contribution < -0.4 is 16.0 Å². The summed E-state index contributed by atoms with van der Waals surface area (Å²) in [6.45, 7) is 2.65. The van der Waals surface area contributed by atoms with E-state index in [0.29, 0.717) is 6.54 Å². The van der Waals surface area contributed by atoms with E-state index in [1.807, 2.05) is 12.1 Å². The van der Waals surface area contributed by atoms with Gasteiger partial charge in [-0.3, -0.25) is 4.79 Å². The van der Waals surface area contributed by atoms with Gasteiger partial charge in [0.05, 0.1) is 11.3 Å². The van der Waals surface area contributed by atoms with Crippen molar-refractivity contribution in [3.8, 4) is 0 Å². The van der Waals surface area contributed by atoms with Crippen LogP contribution in [0.4, 0.5) is 10.1 Å². The van der Waals surface area contributed by atoms with Gasteiger partial charge in [-0.05, 0) is 61.6 Å². The van der Waals surface area contributed by atoms with Crippen LogP contribution in [-0.4, -0.2) is 17.9 Å². The van der Waals surface area contributed by atoms with Gasteiger partial charge in [-0.1, -0.05) is 30.0 Å². The van der Waals surface area contributed by atoms with Crippen molar-refractivity contribution in [2.75, 3.05) is 11.4 Å². The first-order valence-electron chi connectivity index (χ1n) is 9.14. The van der Waals surface area contributed by atoms with Gasteiger partial charge < -0.3 is 16.0 Å². The first-order valence-corrected chi connectivity index (χ1v) is 10.0. The lowest BCUT2D eigenvalue weighted by molar-refractivity contribution is 0.0983. The molecule has 0 radical (unpaired) electrons. The number of halogens is 1. The van der Waals surface area contributed by atoms with Gasteiger partial charge in [-0.2, -0.15) is 0 Å². The molecule has 2 aromatic carbocycles. The number of fused-ring (bicyclic) bond motifs is 1. The Labute approximate surface area is 162 Å². The number of benzene rings is 2. The number of amides is 1. The first kappa shape index (κ1) is 18.1. The molecule has 0 spiro atoms. The smallest absolute Gasteiger partial charge is 0.261 e. The molecule has 1 atom stereocenters. The molecule has 0 fully saturated rings. The van der Waals surface area contributed by atoms with Crippen LogP contribution in [0.15, 0.2) is 47.4 Å². The van der Waals surface area contributed by atoms with Crippen molar-refractivity contribution in [2.45, 2.75) is 31.7 Å². The average Bonchev–Trinajstić information content (AvgIpc) is 2.87. The molecule has 3 N–H and O–H groups in total. The number of nitrogens with one attached hydrogen (secondary N) is 1. The van der Waals surface area contributed by atoms with Crippen LogP contribution in [0.5, 0.6) is 0 Å². The van der Waals surface area contributed by atoms with Crippen LogP contribution in [0.3, 0.4) is 0 Å². The number of allylic oxidation sites excluding steroid dienone is 1. The molecule has 0 saturated carbocycles. The van der Waals surface area contributed by atoms with Gasteiger partial charge in [0.1, 0.15) is 11.3 Å². The fourth-order valence-electron chi connectivity index (χ4n) is 3.71. The molecule has 2 heterocycles. The van der Waals surface area contributed by atoms with E-state index >= 15 is 0 Å². The highest BCUT2D eigenvalue weighted by Crippen LogP contribution is 2.36. The predicted molar refractivity (Wildman–Crippen MR) is 109 cm³/mol. The summed E-state index contributed by atoms with van der Waals surface area (Å²) < 4.78 is 14.1. The van der Waals surface area contributed by atoms with Gasteiger partial charge >= 0.3 is 0 Å². The Bertz CT molecular complexity index is 927. The topological polar surface area (TPSA) is 58.4 Å². The number of nitrogens with zero attached hydrogens (tertiary/aromatic N) is 1. The number of hydrogen-bond donors (Lipinski definition) is 2.